The molecule has 4 nitrogen and oxygen atoms in total. The van der Waals surface area contributed by atoms with Gasteiger partial charge in [0.1, 0.15) is 5.67 Å². The minimum atomic E-state index is -1.22. The molecule has 1 aromatic carbocycles. The van der Waals surface area contributed by atoms with Gasteiger partial charge >= 0.3 is 0 Å². The Labute approximate surface area is 161 Å². The summed E-state index contributed by atoms with van der Waals surface area (Å²) in [5, 5.41) is 0. The molecular formula is C22H30FNO3. The quantitative estimate of drug-likeness (QED) is 0.752. The zero-order chi connectivity index (χ0) is 19.0. The third-order valence-electron chi connectivity index (χ3n) is 6.82. The first kappa shape index (κ1) is 18.7. The van der Waals surface area contributed by atoms with Crippen molar-refractivity contribution in [2.24, 2.45) is 11.8 Å². The zero-order valence-electron chi connectivity index (χ0n) is 16.4. The lowest BCUT2D eigenvalue weighted by Crippen LogP contribution is -2.45. The maximum absolute atomic E-state index is 15.5. The van der Waals surface area contributed by atoms with Crippen molar-refractivity contribution in [1.29, 1.82) is 0 Å². The highest BCUT2D eigenvalue weighted by Crippen LogP contribution is 2.42. The van der Waals surface area contributed by atoms with Crippen LogP contribution in [-0.2, 0) is 6.42 Å². The van der Waals surface area contributed by atoms with Crippen molar-refractivity contribution >= 4 is 5.78 Å². The van der Waals surface area contributed by atoms with E-state index in [9.17, 15) is 4.79 Å². The highest BCUT2D eigenvalue weighted by molar-refractivity contribution is 6.03. The van der Waals surface area contributed by atoms with Gasteiger partial charge in [0.2, 0.25) is 0 Å². The molecule has 0 bridgehead atoms. The van der Waals surface area contributed by atoms with E-state index in [1.165, 1.54) is 19.3 Å². The van der Waals surface area contributed by atoms with Crippen molar-refractivity contribution in [3.8, 4) is 11.5 Å². The second-order valence-electron chi connectivity index (χ2n) is 8.58. The van der Waals surface area contributed by atoms with Crippen LogP contribution in [0.25, 0.3) is 0 Å². The van der Waals surface area contributed by atoms with E-state index in [-0.39, 0.29) is 11.7 Å². The van der Waals surface area contributed by atoms with Gasteiger partial charge < -0.3 is 14.4 Å². The number of alkyl halides is 1. The molecule has 1 atom stereocenters. The van der Waals surface area contributed by atoms with E-state index in [0.717, 1.165) is 31.1 Å². The van der Waals surface area contributed by atoms with Crippen molar-refractivity contribution in [2.45, 2.75) is 50.6 Å². The number of piperidine rings is 1. The third kappa shape index (κ3) is 3.71. The van der Waals surface area contributed by atoms with Crippen LogP contribution in [0.2, 0.25) is 0 Å². The molecule has 4 rings (SSSR count). The van der Waals surface area contributed by atoms with Crippen molar-refractivity contribution in [3.05, 3.63) is 23.3 Å². The van der Waals surface area contributed by atoms with Crippen LogP contribution in [0.3, 0.4) is 0 Å². The number of fused-ring (bicyclic) bond motifs is 1. The van der Waals surface area contributed by atoms with E-state index in [4.69, 9.17) is 9.47 Å². The standard InChI is InChI=1S/C22H30FNO3/c1-26-19-11-16-10-17(21(25)18(16)12-20(19)27-2)13-22(23)6-8-24(9-7-22)14-15-4-3-5-15/h11-12,15,17H,3-10,13-14H2,1-2H3. The number of hydrogen-bond acceptors (Lipinski definition) is 4. The van der Waals surface area contributed by atoms with Crippen LogP contribution >= 0.6 is 0 Å². The molecule has 1 saturated heterocycles. The van der Waals surface area contributed by atoms with Crippen LogP contribution in [0.4, 0.5) is 4.39 Å². The van der Waals surface area contributed by atoms with Crippen LogP contribution in [0, 0.1) is 11.8 Å². The molecule has 27 heavy (non-hydrogen) atoms. The molecule has 0 spiro atoms. The van der Waals surface area contributed by atoms with Crippen molar-refractivity contribution < 1.29 is 18.7 Å². The van der Waals surface area contributed by atoms with Gasteiger partial charge in [-0.05, 0) is 62.1 Å². The van der Waals surface area contributed by atoms with E-state index in [1.807, 2.05) is 6.07 Å². The first-order valence-electron chi connectivity index (χ1n) is 10.2. The van der Waals surface area contributed by atoms with Crippen molar-refractivity contribution in [1.82, 2.24) is 4.90 Å². The number of rotatable bonds is 6. The normalized spacial score (nSPS) is 25.1. The molecule has 0 aromatic heterocycles. The molecule has 1 aromatic rings. The number of halogens is 1. The van der Waals surface area contributed by atoms with E-state index in [0.29, 0.717) is 42.7 Å². The fraction of sp³-hybridized carbons (Fsp3) is 0.682. The Balaban J connectivity index is 1.39. The molecule has 0 radical (unpaired) electrons. The van der Waals surface area contributed by atoms with Crippen LogP contribution in [-0.4, -0.2) is 50.2 Å². The Bertz CT molecular complexity index is 708. The third-order valence-corrected chi connectivity index (χ3v) is 6.82. The summed E-state index contributed by atoms with van der Waals surface area (Å²) in [6.07, 6.45) is 6.05. The molecule has 148 valence electrons. The van der Waals surface area contributed by atoms with Gasteiger partial charge in [-0.1, -0.05) is 6.42 Å². The minimum Gasteiger partial charge on any atom is -0.493 e. The summed E-state index contributed by atoms with van der Waals surface area (Å²) in [6, 6.07) is 3.63. The number of methoxy groups -OCH3 is 2. The van der Waals surface area contributed by atoms with Gasteiger partial charge in [-0.25, -0.2) is 4.39 Å². The SMILES string of the molecule is COc1cc2c(cc1OC)C(=O)C(CC1(F)CCN(CC3CCC3)CC1)C2. The lowest BCUT2D eigenvalue weighted by molar-refractivity contribution is 0.0265. The summed E-state index contributed by atoms with van der Waals surface area (Å²) in [4.78, 5) is 15.3. The van der Waals surface area contributed by atoms with E-state index in [1.54, 1.807) is 20.3 Å². The lowest BCUT2D eigenvalue weighted by atomic mass is 9.81. The molecule has 0 N–H and O–H groups in total. The molecule has 1 heterocycles. The zero-order valence-corrected chi connectivity index (χ0v) is 16.4. The van der Waals surface area contributed by atoms with E-state index in [2.05, 4.69) is 4.90 Å². The predicted molar refractivity (Wildman–Crippen MR) is 103 cm³/mol. The van der Waals surface area contributed by atoms with E-state index < -0.39 is 5.67 Å². The van der Waals surface area contributed by atoms with Gasteiger partial charge in [-0.15, -0.1) is 0 Å². The maximum Gasteiger partial charge on any atom is 0.166 e. The molecule has 5 heteroatoms. The Morgan fingerprint density at radius 3 is 2.41 bits per heavy atom. The molecule has 0 amide bonds. The average Bonchev–Trinajstić information content (AvgIpc) is 2.93. The summed E-state index contributed by atoms with van der Waals surface area (Å²) in [7, 11) is 3.15. The molecule has 2 aliphatic carbocycles. The fourth-order valence-electron chi connectivity index (χ4n) is 4.88. The highest BCUT2D eigenvalue weighted by atomic mass is 19.1. The number of nitrogens with zero attached hydrogens (tertiary/aromatic N) is 1. The molecular weight excluding hydrogens is 345 g/mol. The van der Waals surface area contributed by atoms with Crippen LogP contribution < -0.4 is 9.47 Å². The van der Waals surface area contributed by atoms with Gasteiger partial charge in [0.15, 0.2) is 17.3 Å². The van der Waals surface area contributed by atoms with Crippen LogP contribution in [0.1, 0.15) is 54.4 Å². The smallest absolute Gasteiger partial charge is 0.166 e. The summed E-state index contributed by atoms with van der Waals surface area (Å²) in [6.45, 7) is 2.77. The molecule has 3 aliphatic rings. The van der Waals surface area contributed by atoms with Crippen LogP contribution in [0.5, 0.6) is 11.5 Å². The Morgan fingerprint density at radius 2 is 1.81 bits per heavy atom. The molecule has 1 aliphatic heterocycles. The Hall–Kier alpha value is -1.62. The first-order valence-corrected chi connectivity index (χ1v) is 10.2. The summed E-state index contributed by atoms with van der Waals surface area (Å²) < 4.78 is 26.1. The predicted octanol–water partition coefficient (Wildman–Crippen LogP) is 4.05. The van der Waals surface area contributed by atoms with Gasteiger partial charge in [0.05, 0.1) is 14.2 Å². The fourth-order valence-corrected chi connectivity index (χ4v) is 4.88. The number of carbonyl (C=O) groups excluding carboxylic acids is 1. The van der Waals surface area contributed by atoms with Gasteiger partial charge in [-0.3, -0.25) is 4.79 Å². The first-order chi connectivity index (χ1) is 13.0. The number of carbonyl (C=O) groups is 1. The van der Waals surface area contributed by atoms with Crippen molar-refractivity contribution in [2.75, 3.05) is 33.9 Å². The summed E-state index contributed by atoms with van der Waals surface area (Å²) in [5.41, 5.74) is 0.407. The topological polar surface area (TPSA) is 38.8 Å². The maximum atomic E-state index is 15.5. The summed E-state index contributed by atoms with van der Waals surface area (Å²) >= 11 is 0. The van der Waals surface area contributed by atoms with Crippen LogP contribution in [0.15, 0.2) is 12.1 Å². The number of ketones is 1. The summed E-state index contributed by atoms with van der Waals surface area (Å²) in [5.74, 6) is 1.81. The number of ether oxygens (including phenoxy) is 2. The number of likely N-dealkylation sites (tertiary alicyclic amines) is 1. The number of hydrogen-bond donors (Lipinski definition) is 0. The average molecular weight is 375 g/mol. The molecule has 1 unspecified atom stereocenters. The molecule has 2 fully saturated rings. The Kier molecular flexibility index (Phi) is 5.15. The molecule has 1 saturated carbocycles. The number of benzene rings is 1. The second-order valence-corrected chi connectivity index (χ2v) is 8.58. The largest absolute Gasteiger partial charge is 0.493 e. The highest BCUT2D eigenvalue weighted by Gasteiger charge is 2.42. The van der Waals surface area contributed by atoms with Crippen molar-refractivity contribution in [3.63, 3.8) is 0 Å². The monoisotopic (exact) mass is 375 g/mol. The van der Waals surface area contributed by atoms with Gasteiger partial charge in [0, 0.05) is 31.1 Å². The number of Topliss-reactive ketones (excluding diaryl/α,β-unsaturated/α-hetero) is 1. The van der Waals surface area contributed by atoms with Gasteiger partial charge in [0.25, 0.3) is 0 Å². The Morgan fingerprint density at radius 1 is 1.15 bits per heavy atom. The van der Waals surface area contributed by atoms with E-state index >= 15 is 4.39 Å². The minimum absolute atomic E-state index is 0.0554. The van der Waals surface area contributed by atoms with Gasteiger partial charge in [-0.2, -0.15) is 0 Å². The lowest BCUT2D eigenvalue weighted by Gasteiger charge is -2.40. The second kappa shape index (κ2) is 7.42.